The van der Waals surface area contributed by atoms with E-state index in [-0.39, 0.29) is 11.5 Å². The summed E-state index contributed by atoms with van der Waals surface area (Å²) in [6.45, 7) is 1.99. The fourth-order valence-electron chi connectivity index (χ4n) is 3.32. The first-order chi connectivity index (χ1) is 15.9. The number of benzene rings is 3. The molecular weight excluding hydrogens is 432 g/mol. The van der Waals surface area contributed by atoms with E-state index in [1.165, 1.54) is 17.8 Å². The number of rotatable bonds is 6. The number of carbonyl (C=O) groups is 1. The van der Waals surface area contributed by atoms with Crippen molar-refractivity contribution in [3.8, 4) is 0 Å². The van der Waals surface area contributed by atoms with E-state index in [2.05, 4.69) is 10.3 Å². The van der Waals surface area contributed by atoms with Crippen molar-refractivity contribution in [2.24, 2.45) is 7.05 Å². The van der Waals surface area contributed by atoms with E-state index in [9.17, 15) is 9.59 Å². The number of nitrogen functional groups attached to an aromatic ring is 1. The number of amides is 1. The smallest absolute Gasteiger partial charge is 0.261 e. The van der Waals surface area contributed by atoms with Crippen molar-refractivity contribution in [2.45, 2.75) is 17.8 Å². The van der Waals surface area contributed by atoms with Gasteiger partial charge in [-0.05, 0) is 54.0 Å². The molecule has 4 aromatic rings. The summed E-state index contributed by atoms with van der Waals surface area (Å²) < 4.78 is 1.59. The Morgan fingerprint density at radius 1 is 1.12 bits per heavy atom. The molecule has 0 unspecified atom stereocenters. The van der Waals surface area contributed by atoms with Gasteiger partial charge in [-0.15, -0.1) is 0 Å². The van der Waals surface area contributed by atoms with Crippen LogP contribution in [0.5, 0.6) is 0 Å². The molecule has 0 saturated heterocycles. The SMILES string of the molecule is Cc1ccc2c(=O)n(C)c(SCc3ccc(/C=C/C(=O)Nc4ccccc4N)cc3)nc2c1. The molecule has 3 aromatic carbocycles. The van der Waals surface area contributed by atoms with Gasteiger partial charge in [-0.2, -0.15) is 0 Å². The van der Waals surface area contributed by atoms with Crippen LogP contribution < -0.4 is 16.6 Å². The van der Waals surface area contributed by atoms with Crippen LogP contribution >= 0.6 is 11.8 Å². The third-order valence-corrected chi connectivity index (χ3v) is 6.29. The second-order valence-electron chi connectivity index (χ2n) is 7.72. The lowest BCUT2D eigenvalue weighted by atomic mass is 10.1. The van der Waals surface area contributed by atoms with Crippen LogP contribution in [0.25, 0.3) is 17.0 Å². The van der Waals surface area contributed by atoms with Gasteiger partial charge in [-0.3, -0.25) is 14.2 Å². The standard InChI is InChI=1S/C26H24N4O2S/c1-17-7-13-20-23(15-17)29-26(30(2)25(20)32)33-16-19-10-8-18(9-11-19)12-14-24(31)28-22-6-4-3-5-21(22)27/h3-15H,16,27H2,1-2H3,(H,28,31)/b14-12+. The number of hydrogen-bond donors (Lipinski definition) is 2. The summed E-state index contributed by atoms with van der Waals surface area (Å²) in [5.41, 5.74) is 10.7. The lowest BCUT2D eigenvalue weighted by Gasteiger charge is -2.09. The number of nitrogens with zero attached hydrogens (tertiary/aromatic N) is 2. The quantitative estimate of drug-likeness (QED) is 0.189. The molecule has 166 valence electrons. The van der Waals surface area contributed by atoms with Crippen LogP contribution in [0.4, 0.5) is 11.4 Å². The van der Waals surface area contributed by atoms with Gasteiger partial charge in [0.1, 0.15) is 0 Å². The zero-order valence-corrected chi connectivity index (χ0v) is 19.2. The zero-order chi connectivity index (χ0) is 23.4. The second kappa shape index (κ2) is 9.75. The monoisotopic (exact) mass is 456 g/mol. The molecule has 0 spiro atoms. The minimum Gasteiger partial charge on any atom is -0.397 e. The molecule has 0 aliphatic rings. The highest BCUT2D eigenvalue weighted by Gasteiger charge is 2.09. The van der Waals surface area contributed by atoms with E-state index in [0.717, 1.165) is 22.2 Å². The molecule has 7 heteroatoms. The summed E-state index contributed by atoms with van der Waals surface area (Å²) in [5, 5.41) is 4.07. The molecular formula is C26H24N4O2S. The third-order valence-electron chi connectivity index (χ3n) is 5.18. The number of aryl methyl sites for hydroxylation is 1. The fraction of sp³-hybridized carbons (Fsp3) is 0.115. The van der Waals surface area contributed by atoms with Gasteiger partial charge in [0, 0.05) is 18.9 Å². The topological polar surface area (TPSA) is 90.0 Å². The van der Waals surface area contributed by atoms with Crippen LogP contribution in [-0.4, -0.2) is 15.5 Å². The minimum atomic E-state index is -0.244. The van der Waals surface area contributed by atoms with Crippen molar-refractivity contribution in [3.05, 3.63) is 99.9 Å². The van der Waals surface area contributed by atoms with Crippen LogP contribution in [0.15, 0.2) is 82.8 Å². The van der Waals surface area contributed by atoms with Gasteiger partial charge in [0.15, 0.2) is 5.16 Å². The lowest BCUT2D eigenvalue weighted by Crippen LogP contribution is -2.20. The lowest BCUT2D eigenvalue weighted by molar-refractivity contribution is -0.111. The third kappa shape index (κ3) is 5.32. The summed E-state index contributed by atoms with van der Waals surface area (Å²) in [6, 6.07) is 20.7. The van der Waals surface area contributed by atoms with Crippen LogP contribution in [0.1, 0.15) is 16.7 Å². The van der Waals surface area contributed by atoms with Crippen molar-refractivity contribution in [1.29, 1.82) is 0 Å². The molecule has 1 aromatic heterocycles. The van der Waals surface area contributed by atoms with E-state index in [1.54, 1.807) is 29.8 Å². The number of thioether (sulfide) groups is 1. The Labute approximate surface area is 196 Å². The molecule has 0 radical (unpaired) electrons. The minimum absolute atomic E-state index is 0.0430. The highest BCUT2D eigenvalue weighted by molar-refractivity contribution is 7.98. The van der Waals surface area contributed by atoms with Gasteiger partial charge < -0.3 is 11.1 Å². The predicted octanol–water partition coefficient (Wildman–Crippen LogP) is 4.77. The maximum atomic E-state index is 12.6. The normalized spacial score (nSPS) is 11.2. The summed E-state index contributed by atoms with van der Waals surface area (Å²) in [4.78, 5) is 29.5. The van der Waals surface area contributed by atoms with Crippen molar-refractivity contribution in [2.75, 3.05) is 11.1 Å². The Kier molecular flexibility index (Phi) is 6.60. The number of carbonyl (C=O) groups excluding carboxylic acids is 1. The molecule has 3 N–H and O–H groups in total. The Bertz CT molecular complexity index is 1410. The number of anilines is 2. The van der Waals surface area contributed by atoms with Gasteiger partial charge in [0.2, 0.25) is 5.91 Å². The van der Waals surface area contributed by atoms with Gasteiger partial charge in [-0.1, -0.05) is 54.2 Å². The first-order valence-electron chi connectivity index (χ1n) is 10.4. The molecule has 0 atom stereocenters. The zero-order valence-electron chi connectivity index (χ0n) is 18.4. The number of nitrogens with one attached hydrogen (secondary N) is 1. The first kappa shape index (κ1) is 22.4. The van der Waals surface area contributed by atoms with Gasteiger partial charge in [-0.25, -0.2) is 4.98 Å². The Hall–Kier alpha value is -3.84. The van der Waals surface area contributed by atoms with E-state index in [0.29, 0.717) is 27.7 Å². The summed E-state index contributed by atoms with van der Waals surface area (Å²) >= 11 is 1.52. The number of nitrogens with two attached hydrogens (primary N) is 1. The predicted molar refractivity (Wildman–Crippen MR) is 136 cm³/mol. The van der Waals surface area contributed by atoms with Crippen molar-refractivity contribution in [3.63, 3.8) is 0 Å². The second-order valence-corrected chi connectivity index (χ2v) is 8.66. The molecule has 6 nitrogen and oxygen atoms in total. The fourth-order valence-corrected chi connectivity index (χ4v) is 4.25. The average molecular weight is 457 g/mol. The molecule has 0 saturated carbocycles. The first-order valence-corrected chi connectivity index (χ1v) is 11.4. The molecule has 1 amide bonds. The Morgan fingerprint density at radius 3 is 2.64 bits per heavy atom. The van der Waals surface area contributed by atoms with E-state index < -0.39 is 0 Å². The summed E-state index contributed by atoms with van der Waals surface area (Å²) in [7, 11) is 1.75. The van der Waals surface area contributed by atoms with E-state index >= 15 is 0 Å². The summed E-state index contributed by atoms with van der Waals surface area (Å²) in [5.74, 6) is 0.432. The number of fused-ring (bicyclic) bond motifs is 1. The molecule has 0 aliphatic carbocycles. The van der Waals surface area contributed by atoms with Crippen LogP contribution in [0, 0.1) is 6.92 Å². The van der Waals surface area contributed by atoms with Gasteiger partial charge >= 0.3 is 0 Å². The average Bonchev–Trinajstić information content (AvgIpc) is 2.81. The number of para-hydroxylation sites is 2. The number of aromatic nitrogens is 2. The number of hydrogen-bond acceptors (Lipinski definition) is 5. The van der Waals surface area contributed by atoms with Crippen molar-refractivity contribution in [1.82, 2.24) is 9.55 Å². The molecule has 0 aliphatic heterocycles. The van der Waals surface area contributed by atoms with Gasteiger partial charge in [0.05, 0.1) is 22.3 Å². The maximum absolute atomic E-state index is 12.6. The van der Waals surface area contributed by atoms with E-state index in [4.69, 9.17) is 5.73 Å². The molecule has 0 bridgehead atoms. The van der Waals surface area contributed by atoms with Gasteiger partial charge in [0.25, 0.3) is 5.56 Å². The highest BCUT2D eigenvalue weighted by Crippen LogP contribution is 2.22. The molecule has 0 fully saturated rings. The Balaban J connectivity index is 1.40. The van der Waals surface area contributed by atoms with Crippen molar-refractivity contribution < 1.29 is 4.79 Å². The van der Waals surface area contributed by atoms with E-state index in [1.807, 2.05) is 61.5 Å². The maximum Gasteiger partial charge on any atom is 0.261 e. The molecule has 4 rings (SSSR count). The molecule has 1 heterocycles. The van der Waals surface area contributed by atoms with Crippen LogP contribution in [0.3, 0.4) is 0 Å². The summed E-state index contributed by atoms with van der Waals surface area (Å²) in [6.07, 6.45) is 3.23. The largest absolute Gasteiger partial charge is 0.397 e. The highest BCUT2D eigenvalue weighted by atomic mass is 32.2. The van der Waals surface area contributed by atoms with Crippen LogP contribution in [-0.2, 0) is 17.6 Å². The molecule has 33 heavy (non-hydrogen) atoms. The van der Waals surface area contributed by atoms with Crippen LogP contribution in [0.2, 0.25) is 0 Å². The van der Waals surface area contributed by atoms with Crippen molar-refractivity contribution >= 4 is 46.0 Å². The Morgan fingerprint density at radius 2 is 1.88 bits per heavy atom.